The van der Waals surface area contributed by atoms with Crippen LogP contribution in [0.15, 0.2) is 29.3 Å². The number of thiazole rings is 1. The van der Waals surface area contributed by atoms with Gasteiger partial charge in [0.2, 0.25) is 10.0 Å². The fraction of sp³-hybridized carbons (Fsp3) is 0.231. The highest BCUT2D eigenvalue weighted by Crippen LogP contribution is 2.18. The minimum absolute atomic E-state index is 0.0244. The molecular weight excluding hydrogens is 312 g/mol. The Kier molecular flexibility index (Phi) is 4.40. The molecule has 0 fully saturated rings. The Morgan fingerprint density at radius 3 is 2.67 bits per heavy atom. The third-order valence-corrected chi connectivity index (χ3v) is 5.29. The highest BCUT2D eigenvalue weighted by molar-refractivity contribution is 7.89. The van der Waals surface area contributed by atoms with Crippen molar-refractivity contribution in [2.24, 2.45) is 0 Å². The molecule has 0 saturated heterocycles. The number of benzene rings is 1. The number of nitrogens with one attached hydrogen (secondary N) is 1. The van der Waals surface area contributed by atoms with Gasteiger partial charge in [-0.1, -0.05) is 6.07 Å². The molecule has 0 amide bonds. The third kappa shape index (κ3) is 3.66. The molecule has 21 heavy (non-hydrogen) atoms. The van der Waals surface area contributed by atoms with Crippen molar-refractivity contribution in [2.45, 2.75) is 25.3 Å². The van der Waals surface area contributed by atoms with Gasteiger partial charge >= 0.3 is 5.97 Å². The summed E-state index contributed by atoms with van der Waals surface area (Å²) in [5.74, 6) is -1.16. The average Bonchev–Trinajstić information content (AvgIpc) is 2.82. The predicted octanol–water partition coefficient (Wildman–Crippen LogP) is 1.94. The lowest BCUT2D eigenvalue weighted by Gasteiger charge is -2.09. The number of hydrogen-bond acceptors (Lipinski definition) is 5. The summed E-state index contributed by atoms with van der Waals surface area (Å²) in [4.78, 5) is 15.8. The Morgan fingerprint density at radius 2 is 2.10 bits per heavy atom. The standard InChI is InChI=1S/C13H14N2O4S2/c1-8-3-4-10(13(16)17)5-12(8)21(18,19)15-7-11-6-14-9(2)20-11/h3-6,15H,7H2,1-2H3,(H,16,17). The number of aromatic carboxylic acids is 1. The summed E-state index contributed by atoms with van der Waals surface area (Å²) in [6.07, 6.45) is 1.61. The molecule has 0 bridgehead atoms. The van der Waals surface area contributed by atoms with Gasteiger partial charge in [0, 0.05) is 17.6 Å². The summed E-state index contributed by atoms with van der Waals surface area (Å²) in [7, 11) is -3.77. The largest absolute Gasteiger partial charge is 0.478 e. The maximum absolute atomic E-state index is 12.3. The topological polar surface area (TPSA) is 96.4 Å². The molecule has 0 aliphatic carbocycles. The molecule has 112 valence electrons. The number of nitrogens with zero attached hydrogens (tertiary/aromatic N) is 1. The quantitative estimate of drug-likeness (QED) is 0.875. The second-order valence-electron chi connectivity index (χ2n) is 4.46. The first-order valence-corrected chi connectivity index (χ1v) is 8.34. The van der Waals surface area contributed by atoms with Gasteiger partial charge in [0.25, 0.3) is 0 Å². The molecule has 2 N–H and O–H groups in total. The summed E-state index contributed by atoms with van der Waals surface area (Å²) in [6, 6.07) is 4.02. The van der Waals surface area contributed by atoms with Crippen molar-refractivity contribution in [3.63, 3.8) is 0 Å². The fourth-order valence-electron chi connectivity index (χ4n) is 1.75. The number of carboxylic acids is 1. The highest BCUT2D eigenvalue weighted by Gasteiger charge is 2.19. The van der Waals surface area contributed by atoms with E-state index in [1.807, 2.05) is 6.92 Å². The van der Waals surface area contributed by atoms with Gasteiger partial charge in [-0.2, -0.15) is 0 Å². The van der Waals surface area contributed by atoms with Gasteiger partial charge < -0.3 is 5.11 Å². The smallest absolute Gasteiger partial charge is 0.335 e. The van der Waals surface area contributed by atoms with Crippen LogP contribution in [-0.2, 0) is 16.6 Å². The summed E-state index contributed by atoms with van der Waals surface area (Å²) >= 11 is 1.40. The van der Waals surface area contributed by atoms with E-state index in [1.54, 1.807) is 13.1 Å². The molecule has 8 heteroatoms. The number of carbonyl (C=O) groups is 1. The first kappa shape index (κ1) is 15.6. The fourth-order valence-corrected chi connectivity index (χ4v) is 3.85. The van der Waals surface area contributed by atoms with E-state index in [4.69, 9.17) is 5.11 Å². The lowest BCUT2D eigenvalue weighted by Crippen LogP contribution is -2.24. The van der Waals surface area contributed by atoms with E-state index in [0.29, 0.717) is 5.56 Å². The molecule has 1 aromatic heterocycles. The molecule has 0 atom stereocenters. The molecule has 0 radical (unpaired) electrons. The van der Waals surface area contributed by atoms with Gasteiger partial charge in [-0.15, -0.1) is 11.3 Å². The summed E-state index contributed by atoms with van der Waals surface area (Å²) in [5.41, 5.74) is 0.433. The molecule has 1 aromatic carbocycles. The molecular formula is C13H14N2O4S2. The monoisotopic (exact) mass is 326 g/mol. The summed E-state index contributed by atoms with van der Waals surface area (Å²) in [5, 5.41) is 9.81. The van der Waals surface area contributed by atoms with E-state index in [0.717, 1.165) is 16.0 Å². The lowest BCUT2D eigenvalue weighted by molar-refractivity contribution is 0.0696. The van der Waals surface area contributed by atoms with Gasteiger partial charge in [-0.3, -0.25) is 0 Å². The van der Waals surface area contributed by atoms with Gasteiger partial charge in [0.15, 0.2) is 0 Å². The molecule has 0 saturated carbocycles. The number of aromatic nitrogens is 1. The van der Waals surface area contributed by atoms with Crippen LogP contribution in [0.5, 0.6) is 0 Å². The minimum Gasteiger partial charge on any atom is -0.478 e. The van der Waals surface area contributed by atoms with Crippen LogP contribution in [0, 0.1) is 13.8 Å². The maximum Gasteiger partial charge on any atom is 0.335 e. The number of sulfonamides is 1. The van der Waals surface area contributed by atoms with Crippen LogP contribution < -0.4 is 4.72 Å². The number of rotatable bonds is 5. The normalized spacial score (nSPS) is 11.5. The van der Waals surface area contributed by atoms with Crippen molar-refractivity contribution in [1.29, 1.82) is 0 Å². The minimum atomic E-state index is -3.77. The van der Waals surface area contributed by atoms with E-state index in [2.05, 4.69) is 9.71 Å². The van der Waals surface area contributed by atoms with Gasteiger partial charge in [0.05, 0.1) is 15.5 Å². The molecule has 0 aliphatic heterocycles. The second-order valence-corrected chi connectivity index (χ2v) is 7.51. The van der Waals surface area contributed by atoms with Crippen molar-refractivity contribution >= 4 is 27.3 Å². The van der Waals surface area contributed by atoms with Gasteiger partial charge in [-0.25, -0.2) is 22.9 Å². The maximum atomic E-state index is 12.3. The highest BCUT2D eigenvalue weighted by atomic mass is 32.2. The van der Waals surface area contributed by atoms with E-state index in [9.17, 15) is 13.2 Å². The van der Waals surface area contributed by atoms with Crippen LogP contribution in [0.3, 0.4) is 0 Å². The van der Waals surface area contributed by atoms with E-state index < -0.39 is 16.0 Å². The van der Waals surface area contributed by atoms with Gasteiger partial charge in [0.1, 0.15) is 0 Å². The summed E-state index contributed by atoms with van der Waals surface area (Å²) < 4.78 is 27.0. The van der Waals surface area contributed by atoms with Crippen LogP contribution >= 0.6 is 11.3 Å². The SMILES string of the molecule is Cc1ncc(CNS(=O)(=O)c2cc(C(=O)O)ccc2C)s1. The molecule has 1 heterocycles. The van der Waals surface area contributed by atoms with Crippen molar-refractivity contribution in [3.8, 4) is 0 Å². The first-order valence-electron chi connectivity index (χ1n) is 6.04. The van der Waals surface area contributed by atoms with Crippen LogP contribution in [0.4, 0.5) is 0 Å². The average molecular weight is 326 g/mol. The number of hydrogen-bond donors (Lipinski definition) is 2. The van der Waals surface area contributed by atoms with Crippen LogP contribution in [0.2, 0.25) is 0 Å². The zero-order valence-corrected chi connectivity index (χ0v) is 13.1. The van der Waals surface area contributed by atoms with Gasteiger partial charge in [-0.05, 0) is 31.5 Å². The van der Waals surface area contributed by atoms with E-state index in [-0.39, 0.29) is 17.0 Å². The predicted molar refractivity (Wildman–Crippen MR) is 79.0 cm³/mol. The Labute approximate surface area is 126 Å². The van der Waals surface area contributed by atoms with E-state index in [1.165, 1.54) is 23.5 Å². The lowest BCUT2D eigenvalue weighted by atomic mass is 10.1. The molecule has 0 unspecified atom stereocenters. The Balaban J connectivity index is 2.26. The third-order valence-electron chi connectivity index (χ3n) is 2.83. The zero-order valence-electron chi connectivity index (χ0n) is 11.5. The second kappa shape index (κ2) is 5.92. The van der Waals surface area contributed by atoms with E-state index >= 15 is 0 Å². The Morgan fingerprint density at radius 1 is 1.38 bits per heavy atom. The van der Waals surface area contributed by atoms with Crippen molar-refractivity contribution in [3.05, 3.63) is 45.4 Å². The molecule has 2 rings (SSSR count). The zero-order chi connectivity index (χ0) is 15.6. The van der Waals surface area contributed by atoms with Crippen molar-refractivity contribution in [1.82, 2.24) is 9.71 Å². The molecule has 2 aromatic rings. The first-order chi connectivity index (χ1) is 9.79. The number of carboxylic acid groups (broad SMARTS) is 1. The van der Waals surface area contributed by atoms with Crippen LogP contribution in [-0.4, -0.2) is 24.5 Å². The van der Waals surface area contributed by atoms with Crippen molar-refractivity contribution in [2.75, 3.05) is 0 Å². The number of aryl methyl sites for hydroxylation is 2. The molecule has 0 spiro atoms. The van der Waals surface area contributed by atoms with Crippen LogP contribution in [0.1, 0.15) is 25.8 Å². The Bertz CT molecular complexity index is 781. The van der Waals surface area contributed by atoms with Crippen LogP contribution in [0.25, 0.3) is 0 Å². The summed E-state index contributed by atoms with van der Waals surface area (Å²) in [6.45, 7) is 3.59. The Hall–Kier alpha value is -1.77. The molecule has 0 aliphatic rings. The van der Waals surface area contributed by atoms with Crippen molar-refractivity contribution < 1.29 is 18.3 Å². The molecule has 6 nitrogen and oxygen atoms in total.